The van der Waals surface area contributed by atoms with Crippen LogP contribution in [0.25, 0.3) is 0 Å². The first-order chi connectivity index (χ1) is 6.67. The van der Waals surface area contributed by atoms with E-state index in [9.17, 15) is 0 Å². The molecule has 1 aromatic rings. The van der Waals surface area contributed by atoms with Crippen LogP contribution in [0.3, 0.4) is 0 Å². The summed E-state index contributed by atoms with van der Waals surface area (Å²) in [6.07, 6.45) is 1.14. The first-order valence-corrected chi connectivity index (χ1v) is 5.15. The zero-order chi connectivity index (χ0) is 10.6. The van der Waals surface area contributed by atoms with Crippen molar-refractivity contribution in [3.63, 3.8) is 0 Å². The summed E-state index contributed by atoms with van der Waals surface area (Å²) in [7, 11) is 3.90. The monoisotopic (exact) mass is 192 g/mol. The zero-order valence-corrected chi connectivity index (χ0v) is 9.52. The van der Waals surface area contributed by atoms with Gasteiger partial charge >= 0.3 is 0 Å². The summed E-state index contributed by atoms with van der Waals surface area (Å²) in [4.78, 5) is 0. The van der Waals surface area contributed by atoms with Crippen molar-refractivity contribution in [3.05, 3.63) is 23.8 Å². The predicted molar refractivity (Wildman–Crippen MR) is 64.1 cm³/mol. The molecule has 0 saturated heterocycles. The van der Waals surface area contributed by atoms with Gasteiger partial charge in [0.15, 0.2) is 0 Å². The van der Waals surface area contributed by atoms with Crippen molar-refractivity contribution in [1.29, 1.82) is 0 Å². The first-order valence-electron chi connectivity index (χ1n) is 5.15. The fourth-order valence-electron chi connectivity index (χ4n) is 1.61. The van der Waals surface area contributed by atoms with Gasteiger partial charge in [0.1, 0.15) is 0 Å². The van der Waals surface area contributed by atoms with Crippen LogP contribution in [-0.2, 0) is 6.42 Å². The average Bonchev–Trinajstić information content (AvgIpc) is 2.16. The summed E-state index contributed by atoms with van der Waals surface area (Å²) in [5, 5.41) is 6.36. The standard InChI is InChI=1S/C12H20N2/c1-9(2)7-10-5-6-11(13-3)12(8-10)14-4/h5-6,8-9,13-14H,7H2,1-4H3. The zero-order valence-electron chi connectivity index (χ0n) is 9.52. The predicted octanol–water partition coefficient (Wildman–Crippen LogP) is 2.97. The van der Waals surface area contributed by atoms with Gasteiger partial charge in [-0.1, -0.05) is 19.9 Å². The molecular weight excluding hydrogens is 172 g/mol. The van der Waals surface area contributed by atoms with Crippen LogP contribution in [-0.4, -0.2) is 14.1 Å². The van der Waals surface area contributed by atoms with Crippen LogP contribution in [0.5, 0.6) is 0 Å². The Hall–Kier alpha value is -1.18. The Bertz CT molecular complexity index is 292. The van der Waals surface area contributed by atoms with Crippen LogP contribution in [0, 0.1) is 5.92 Å². The molecule has 0 saturated carbocycles. The second-order valence-corrected chi connectivity index (χ2v) is 3.98. The van der Waals surface area contributed by atoms with Gasteiger partial charge in [0.2, 0.25) is 0 Å². The lowest BCUT2D eigenvalue weighted by Gasteiger charge is -2.12. The highest BCUT2D eigenvalue weighted by Gasteiger charge is 2.02. The van der Waals surface area contributed by atoms with Crippen molar-refractivity contribution in [1.82, 2.24) is 0 Å². The van der Waals surface area contributed by atoms with Gasteiger partial charge in [-0.05, 0) is 30.0 Å². The van der Waals surface area contributed by atoms with Gasteiger partial charge in [-0.2, -0.15) is 0 Å². The minimum absolute atomic E-state index is 0.708. The van der Waals surface area contributed by atoms with E-state index in [4.69, 9.17) is 0 Å². The maximum atomic E-state index is 3.20. The molecule has 0 aliphatic heterocycles. The summed E-state index contributed by atoms with van der Waals surface area (Å²) in [5.74, 6) is 0.708. The van der Waals surface area contributed by atoms with Crippen molar-refractivity contribution < 1.29 is 0 Å². The normalized spacial score (nSPS) is 10.4. The second-order valence-electron chi connectivity index (χ2n) is 3.98. The lowest BCUT2D eigenvalue weighted by Crippen LogP contribution is -1.99. The van der Waals surface area contributed by atoms with E-state index in [1.165, 1.54) is 11.3 Å². The fourth-order valence-corrected chi connectivity index (χ4v) is 1.61. The van der Waals surface area contributed by atoms with E-state index in [0.29, 0.717) is 5.92 Å². The number of benzene rings is 1. The molecule has 2 N–H and O–H groups in total. The van der Waals surface area contributed by atoms with Gasteiger partial charge in [-0.3, -0.25) is 0 Å². The van der Waals surface area contributed by atoms with Crippen LogP contribution >= 0.6 is 0 Å². The van der Waals surface area contributed by atoms with Crippen molar-refractivity contribution in [2.45, 2.75) is 20.3 Å². The lowest BCUT2D eigenvalue weighted by molar-refractivity contribution is 0.647. The molecule has 0 bridgehead atoms. The summed E-state index contributed by atoms with van der Waals surface area (Å²) in [5.41, 5.74) is 3.72. The minimum atomic E-state index is 0.708. The van der Waals surface area contributed by atoms with Gasteiger partial charge in [0, 0.05) is 14.1 Å². The molecule has 0 atom stereocenters. The van der Waals surface area contributed by atoms with Crippen molar-refractivity contribution >= 4 is 11.4 Å². The van der Waals surface area contributed by atoms with Gasteiger partial charge < -0.3 is 10.6 Å². The summed E-state index contributed by atoms with van der Waals surface area (Å²) in [6.45, 7) is 4.48. The van der Waals surface area contributed by atoms with Crippen LogP contribution in [0.4, 0.5) is 11.4 Å². The van der Waals surface area contributed by atoms with Crippen LogP contribution in [0.2, 0.25) is 0 Å². The first kappa shape index (κ1) is 10.9. The van der Waals surface area contributed by atoms with Gasteiger partial charge in [0.25, 0.3) is 0 Å². The van der Waals surface area contributed by atoms with E-state index in [-0.39, 0.29) is 0 Å². The number of nitrogens with one attached hydrogen (secondary N) is 2. The van der Waals surface area contributed by atoms with E-state index >= 15 is 0 Å². The molecule has 78 valence electrons. The van der Waals surface area contributed by atoms with E-state index in [1.54, 1.807) is 0 Å². The molecule has 1 aromatic carbocycles. The molecule has 14 heavy (non-hydrogen) atoms. The molecule has 0 unspecified atom stereocenters. The molecule has 0 aromatic heterocycles. The fraction of sp³-hybridized carbons (Fsp3) is 0.500. The summed E-state index contributed by atoms with van der Waals surface area (Å²) >= 11 is 0. The van der Waals surface area contributed by atoms with E-state index in [2.05, 4.69) is 42.7 Å². The summed E-state index contributed by atoms with van der Waals surface area (Å²) < 4.78 is 0. The molecule has 0 amide bonds. The summed E-state index contributed by atoms with van der Waals surface area (Å²) in [6, 6.07) is 6.53. The number of hydrogen-bond acceptors (Lipinski definition) is 2. The Morgan fingerprint density at radius 2 is 1.71 bits per heavy atom. The van der Waals surface area contributed by atoms with Gasteiger partial charge in [0.05, 0.1) is 11.4 Å². The molecule has 1 rings (SSSR count). The smallest absolute Gasteiger partial charge is 0.0576 e. The Balaban J connectivity index is 2.89. The highest BCUT2D eigenvalue weighted by Crippen LogP contribution is 2.23. The molecule has 0 radical (unpaired) electrons. The molecule has 0 aliphatic rings. The third-order valence-electron chi connectivity index (χ3n) is 2.27. The minimum Gasteiger partial charge on any atom is -0.386 e. The van der Waals surface area contributed by atoms with Crippen LogP contribution in [0.15, 0.2) is 18.2 Å². The maximum Gasteiger partial charge on any atom is 0.0576 e. The third kappa shape index (κ3) is 2.66. The Morgan fingerprint density at radius 3 is 2.21 bits per heavy atom. The Labute approximate surface area is 86.7 Å². The van der Waals surface area contributed by atoms with Crippen LogP contribution in [0.1, 0.15) is 19.4 Å². The van der Waals surface area contributed by atoms with Gasteiger partial charge in [-0.15, -0.1) is 0 Å². The second kappa shape index (κ2) is 4.89. The SMILES string of the molecule is CNc1ccc(CC(C)C)cc1NC. The molecule has 0 aliphatic carbocycles. The molecular formula is C12H20N2. The molecule has 0 spiro atoms. The lowest BCUT2D eigenvalue weighted by atomic mass is 10.0. The largest absolute Gasteiger partial charge is 0.386 e. The number of anilines is 2. The number of hydrogen-bond donors (Lipinski definition) is 2. The average molecular weight is 192 g/mol. The van der Waals surface area contributed by atoms with E-state index in [1.807, 2.05) is 14.1 Å². The maximum absolute atomic E-state index is 3.20. The highest BCUT2D eigenvalue weighted by molar-refractivity contribution is 5.69. The topological polar surface area (TPSA) is 24.1 Å². The highest BCUT2D eigenvalue weighted by atomic mass is 14.9. The Morgan fingerprint density at radius 1 is 1.07 bits per heavy atom. The quantitative estimate of drug-likeness (QED) is 0.766. The van der Waals surface area contributed by atoms with E-state index in [0.717, 1.165) is 12.1 Å². The molecule has 2 heteroatoms. The van der Waals surface area contributed by atoms with Crippen molar-refractivity contribution in [3.8, 4) is 0 Å². The third-order valence-corrected chi connectivity index (χ3v) is 2.27. The van der Waals surface area contributed by atoms with Crippen molar-refractivity contribution in [2.75, 3.05) is 24.7 Å². The van der Waals surface area contributed by atoms with Crippen molar-refractivity contribution in [2.24, 2.45) is 5.92 Å². The van der Waals surface area contributed by atoms with Gasteiger partial charge in [-0.25, -0.2) is 0 Å². The molecule has 0 fully saturated rings. The van der Waals surface area contributed by atoms with Crippen LogP contribution < -0.4 is 10.6 Å². The molecule has 2 nitrogen and oxygen atoms in total. The number of rotatable bonds is 4. The van der Waals surface area contributed by atoms with E-state index < -0.39 is 0 Å². The Kier molecular flexibility index (Phi) is 3.81. The molecule has 0 heterocycles.